The van der Waals surface area contributed by atoms with E-state index >= 15 is 0 Å². The average molecular weight is 358 g/mol. The molecule has 2 aromatic rings. The summed E-state index contributed by atoms with van der Waals surface area (Å²) in [5.74, 6) is -0.00595. The molecule has 5 heteroatoms. The quantitative estimate of drug-likeness (QED) is 0.528. The molecule has 0 bridgehead atoms. The van der Waals surface area contributed by atoms with Gasteiger partial charge in [-0.15, -0.1) is 0 Å². The van der Waals surface area contributed by atoms with Crippen molar-refractivity contribution < 1.29 is 24.5 Å². The van der Waals surface area contributed by atoms with Crippen LogP contribution in [-0.4, -0.2) is 29.4 Å². The van der Waals surface area contributed by atoms with Crippen LogP contribution in [0.25, 0.3) is 0 Å². The van der Waals surface area contributed by atoms with Crippen LogP contribution in [0.1, 0.15) is 48.9 Å². The van der Waals surface area contributed by atoms with Crippen molar-refractivity contribution in [1.29, 1.82) is 0 Å². The van der Waals surface area contributed by atoms with Gasteiger partial charge < -0.3 is 19.7 Å². The van der Waals surface area contributed by atoms with Crippen LogP contribution in [-0.2, 0) is 0 Å². The Kier molecular flexibility index (Phi) is 8.33. The largest absolute Gasteiger partial charge is 0.507 e. The number of unbranched alkanes of at least 4 members (excludes halogenated alkanes) is 5. The SMILES string of the molecule is O=C(O)c1ccc(OCCCCCCCCOc2ccccc2)cc1O. The minimum absolute atomic E-state index is 0.117. The third-order valence-electron chi connectivity index (χ3n) is 4.02. The number of carbonyl (C=O) groups is 1. The van der Waals surface area contributed by atoms with E-state index in [0.29, 0.717) is 12.4 Å². The number of hydrogen-bond acceptors (Lipinski definition) is 4. The first-order valence-corrected chi connectivity index (χ1v) is 9.04. The van der Waals surface area contributed by atoms with Crippen molar-refractivity contribution in [2.75, 3.05) is 13.2 Å². The van der Waals surface area contributed by atoms with Crippen molar-refractivity contribution in [2.24, 2.45) is 0 Å². The summed E-state index contributed by atoms with van der Waals surface area (Å²) in [7, 11) is 0. The molecule has 0 atom stereocenters. The minimum atomic E-state index is -1.15. The Morgan fingerprint density at radius 2 is 1.35 bits per heavy atom. The maximum Gasteiger partial charge on any atom is 0.339 e. The molecule has 140 valence electrons. The lowest BCUT2D eigenvalue weighted by Gasteiger charge is -2.08. The molecule has 0 saturated heterocycles. The molecule has 0 aliphatic rings. The number of aromatic carboxylic acids is 1. The summed E-state index contributed by atoms with van der Waals surface area (Å²) in [6.45, 7) is 1.31. The average Bonchev–Trinajstić information content (AvgIpc) is 2.64. The van der Waals surface area contributed by atoms with Crippen LogP contribution < -0.4 is 9.47 Å². The van der Waals surface area contributed by atoms with Gasteiger partial charge in [0.2, 0.25) is 0 Å². The fourth-order valence-electron chi connectivity index (χ4n) is 2.59. The second kappa shape index (κ2) is 11.0. The van der Waals surface area contributed by atoms with Gasteiger partial charge >= 0.3 is 5.97 Å². The molecule has 0 aliphatic carbocycles. The standard InChI is InChI=1S/C21H26O5/c22-20-16-18(12-13-19(20)21(23)24)26-15-9-4-2-1-3-8-14-25-17-10-6-5-7-11-17/h5-7,10-13,16,22H,1-4,8-9,14-15H2,(H,23,24). The number of phenols is 1. The monoisotopic (exact) mass is 358 g/mol. The van der Waals surface area contributed by atoms with E-state index < -0.39 is 5.97 Å². The summed E-state index contributed by atoms with van der Waals surface area (Å²) in [5, 5.41) is 18.5. The number of para-hydroxylation sites is 1. The third-order valence-corrected chi connectivity index (χ3v) is 4.02. The van der Waals surface area contributed by atoms with Gasteiger partial charge in [-0.05, 0) is 37.1 Å². The van der Waals surface area contributed by atoms with Crippen LogP contribution in [0.4, 0.5) is 0 Å². The van der Waals surface area contributed by atoms with Crippen LogP contribution in [0.3, 0.4) is 0 Å². The fourth-order valence-corrected chi connectivity index (χ4v) is 2.59. The van der Waals surface area contributed by atoms with Crippen molar-refractivity contribution in [3.8, 4) is 17.2 Å². The van der Waals surface area contributed by atoms with E-state index in [-0.39, 0.29) is 11.3 Å². The summed E-state index contributed by atoms with van der Waals surface area (Å²) < 4.78 is 11.2. The van der Waals surface area contributed by atoms with E-state index in [0.717, 1.165) is 44.5 Å². The lowest BCUT2D eigenvalue weighted by molar-refractivity contribution is 0.0693. The van der Waals surface area contributed by atoms with Gasteiger partial charge in [-0.25, -0.2) is 4.79 Å². The number of rotatable bonds is 12. The topological polar surface area (TPSA) is 76.0 Å². The van der Waals surface area contributed by atoms with Crippen molar-refractivity contribution in [3.05, 3.63) is 54.1 Å². The van der Waals surface area contributed by atoms with Crippen molar-refractivity contribution >= 4 is 5.97 Å². The van der Waals surface area contributed by atoms with Gasteiger partial charge in [0.15, 0.2) is 0 Å². The summed E-state index contributed by atoms with van der Waals surface area (Å²) in [4.78, 5) is 10.8. The number of carboxylic acid groups (broad SMARTS) is 1. The van der Waals surface area contributed by atoms with Crippen molar-refractivity contribution in [3.63, 3.8) is 0 Å². The first kappa shape index (κ1) is 19.6. The molecule has 2 aromatic carbocycles. The summed E-state index contributed by atoms with van der Waals surface area (Å²) in [6, 6.07) is 14.1. The Labute approximate surface area is 154 Å². The Morgan fingerprint density at radius 1 is 0.769 bits per heavy atom. The van der Waals surface area contributed by atoms with Gasteiger partial charge in [0.1, 0.15) is 22.8 Å². The zero-order valence-corrected chi connectivity index (χ0v) is 14.9. The van der Waals surface area contributed by atoms with Gasteiger partial charge in [-0.3, -0.25) is 0 Å². The molecule has 0 unspecified atom stereocenters. The highest BCUT2D eigenvalue weighted by Gasteiger charge is 2.09. The number of carboxylic acids is 1. The highest BCUT2D eigenvalue weighted by molar-refractivity contribution is 5.90. The maximum absolute atomic E-state index is 10.8. The summed E-state index contributed by atoms with van der Waals surface area (Å²) in [6.07, 6.45) is 6.55. The molecule has 0 fully saturated rings. The van der Waals surface area contributed by atoms with E-state index in [9.17, 15) is 9.90 Å². The van der Waals surface area contributed by atoms with E-state index in [2.05, 4.69) is 0 Å². The van der Waals surface area contributed by atoms with Crippen LogP contribution in [0.2, 0.25) is 0 Å². The number of aromatic hydroxyl groups is 1. The predicted molar refractivity (Wildman–Crippen MR) is 100 cm³/mol. The Balaban J connectivity index is 1.47. The van der Waals surface area contributed by atoms with Gasteiger partial charge in [0, 0.05) is 6.07 Å². The smallest absolute Gasteiger partial charge is 0.339 e. The second-order valence-corrected chi connectivity index (χ2v) is 6.12. The lowest BCUT2D eigenvalue weighted by atomic mass is 10.1. The molecule has 0 amide bonds. The van der Waals surface area contributed by atoms with Crippen molar-refractivity contribution in [2.45, 2.75) is 38.5 Å². The minimum Gasteiger partial charge on any atom is -0.507 e. The molecule has 0 heterocycles. The molecule has 0 aliphatic heterocycles. The van der Waals surface area contributed by atoms with E-state index in [1.165, 1.54) is 18.6 Å². The maximum atomic E-state index is 10.8. The number of ether oxygens (including phenoxy) is 2. The Morgan fingerprint density at radius 3 is 1.92 bits per heavy atom. The van der Waals surface area contributed by atoms with Crippen LogP contribution in [0.5, 0.6) is 17.2 Å². The van der Waals surface area contributed by atoms with Crippen molar-refractivity contribution in [1.82, 2.24) is 0 Å². The normalized spacial score (nSPS) is 10.5. The van der Waals surface area contributed by atoms with Crippen LogP contribution in [0.15, 0.2) is 48.5 Å². The lowest BCUT2D eigenvalue weighted by Crippen LogP contribution is -2.00. The fraction of sp³-hybridized carbons (Fsp3) is 0.381. The summed E-state index contributed by atoms with van der Waals surface area (Å²) >= 11 is 0. The van der Waals surface area contributed by atoms with E-state index in [1.54, 1.807) is 6.07 Å². The molecule has 26 heavy (non-hydrogen) atoms. The van der Waals surface area contributed by atoms with Gasteiger partial charge in [0.25, 0.3) is 0 Å². The van der Waals surface area contributed by atoms with Gasteiger partial charge in [-0.2, -0.15) is 0 Å². The van der Waals surface area contributed by atoms with E-state index in [1.807, 2.05) is 30.3 Å². The molecule has 2 rings (SSSR count). The first-order valence-electron chi connectivity index (χ1n) is 9.04. The highest BCUT2D eigenvalue weighted by Crippen LogP contribution is 2.23. The zero-order valence-electron chi connectivity index (χ0n) is 14.9. The molecular formula is C21H26O5. The first-order chi connectivity index (χ1) is 12.7. The van der Waals surface area contributed by atoms with Crippen LogP contribution >= 0.6 is 0 Å². The predicted octanol–water partition coefficient (Wildman–Crippen LogP) is 4.89. The molecule has 0 spiro atoms. The molecule has 0 saturated carbocycles. The summed E-state index contributed by atoms with van der Waals surface area (Å²) in [5.41, 5.74) is -0.117. The number of hydrogen-bond donors (Lipinski definition) is 2. The molecule has 0 radical (unpaired) electrons. The molecule has 5 nitrogen and oxygen atoms in total. The van der Waals surface area contributed by atoms with Crippen LogP contribution in [0, 0.1) is 0 Å². The molecule has 0 aromatic heterocycles. The van der Waals surface area contributed by atoms with Gasteiger partial charge in [0.05, 0.1) is 13.2 Å². The second-order valence-electron chi connectivity index (χ2n) is 6.12. The Bertz CT molecular complexity index is 669. The molecule has 2 N–H and O–H groups in total. The zero-order chi connectivity index (χ0) is 18.6. The number of benzene rings is 2. The third kappa shape index (κ3) is 7.05. The van der Waals surface area contributed by atoms with Gasteiger partial charge in [-0.1, -0.05) is 43.9 Å². The van der Waals surface area contributed by atoms with E-state index in [4.69, 9.17) is 14.6 Å². The molecular weight excluding hydrogens is 332 g/mol. The highest BCUT2D eigenvalue weighted by atomic mass is 16.5. The Hall–Kier alpha value is -2.69.